The third-order valence-corrected chi connectivity index (χ3v) is 4.63. The fourth-order valence-corrected chi connectivity index (χ4v) is 3.03. The zero-order valence-electron chi connectivity index (χ0n) is 13.8. The number of nitrogens with one attached hydrogen (secondary N) is 1. The lowest BCUT2D eigenvalue weighted by Crippen LogP contribution is -2.14. The second kappa shape index (κ2) is 7.32. The van der Waals surface area contributed by atoms with Gasteiger partial charge in [-0.1, -0.05) is 38.1 Å². The van der Waals surface area contributed by atoms with Gasteiger partial charge in [-0.2, -0.15) is 5.10 Å². The maximum absolute atomic E-state index is 9.42. The van der Waals surface area contributed by atoms with Crippen LogP contribution < -0.4 is 5.32 Å². The van der Waals surface area contributed by atoms with Gasteiger partial charge in [0, 0.05) is 12.8 Å². The second-order valence-corrected chi connectivity index (χ2v) is 6.96. The van der Waals surface area contributed by atoms with E-state index in [4.69, 9.17) is 0 Å². The lowest BCUT2D eigenvalue weighted by Gasteiger charge is -2.20. The smallest absolute Gasteiger partial charge is 0.171 e. The van der Waals surface area contributed by atoms with Crippen LogP contribution in [0.15, 0.2) is 47.2 Å². The molecule has 0 saturated carbocycles. The van der Waals surface area contributed by atoms with Gasteiger partial charge in [0.15, 0.2) is 5.65 Å². The number of benzene rings is 1. The van der Waals surface area contributed by atoms with Crippen molar-refractivity contribution in [1.82, 2.24) is 14.6 Å². The SMILES string of the molecule is CC(C)c1ccc(C(CCO)Nc2ccn3ncc(Br)c3n2)cc1. The molecule has 24 heavy (non-hydrogen) atoms. The van der Waals surface area contributed by atoms with Crippen molar-refractivity contribution >= 4 is 27.4 Å². The van der Waals surface area contributed by atoms with Crippen LogP contribution in [0.4, 0.5) is 5.82 Å². The van der Waals surface area contributed by atoms with Gasteiger partial charge in [0.2, 0.25) is 0 Å². The Kier molecular flexibility index (Phi) is 5.16. The van der Waals surface area contributed by atoms with Crippen LogP contribution >= 0.6 is 15.9 Å². The van der Waals surface area contributed by atoms with Gasteiger partial charge in [0.05, 0.1) is 16.7 Å². The monoisotopic (exact) mass is 388 g/mol. The van der Waals surface area contributed by atoms with Gasteiger partial charge in [-0.3, -0.25) is 0 Å². The number of aliphatic hydroxyl groups excluding tert-OH is 1. The van der Waals surface area contributed by atoms with Crippen LogP contribution in [0.3, 0.4) is 0 Å². The van der Waals surface area contributed by atoms with E-state index >= 15 is 0 Å². The standard InChI is InChI=1S/C18H21BrN4O/c1-12(2)13-3-5-14(6-4-13)16(8-10-24)21-17-7-9-23-18(22-17)15(19)11-20-23/h3-7,9,11-12,16,24H,8,10H2,1-2H3,(H,21,22). The van der Waals surface area contributed by atoms with Gasteiger partial charge in [0.25, 0.3) is 0 Å². The number of aliphatic hydroxyl groups is 1. The van der Waals surface area contributed by atoms with Crippen molar-refractivity contribution in [3.63, 3.8) is 0 Å². The van der Waals surface area contributed by atoms with Gasteiger partial charge >= 0.3 is 0 Å². The minimum atomic E-state index is 0.00728. The molecule has 5 nitrogen and oxygen atoms in total. The zero-order valence-corrected chi connectivity index (χ0v) is 15.4. The Morgan fingerprint density at radius 2 is 1.88 bits per heavy atom. The number of anilines is 1. The predicted molar refractivity (Wildman–Crippen MR) is 99.3 cm³/mol. The number of hydrogen-bond acceptors (Lipinski definition) is 4. The summed E-state index contributed by atoms with van der Waals surface area (Å²) in [5, 5.41) is 17.0. The fraction of sp³-hybridized carbons (Fsp3) is 0.333. The van der Waals surface area contributed by atoms with Crippen LogP contribution in [0, 0.1) is 0 Å². The minimum Gasteiger partial charge on any atom is -0.396 e. The molecule has 1 atom stereocenters. The predicted octanol–water partition coefficient (Wildman–Crippen LogP) is 4.15. The zero-order chi connectivity index (χ0) is 17.1. The summed E-state index contributed by atoms with van der Waals surface area (Å²) in [5.41, 5.74) is 3.21. The molecule has 2 heterocycles. The first-order valence-corrected chi connectivity index (χ1v) is 8.85. The highest BCUT2D eigenvalue weighted by molar-refractivity contribution is 9.10. The number of fused-ring (bicyclic) bond motifs is 1. The number of rotatable bonds is 6. The lowest BCUT2D eigenvalue weighted by atomic mass is 9.98. The highest BCUT2D eigenvalue weighted by Gasteiger charge is 2.13. The van der Waals surface area contributed by atoms with E-state index in [0.29, 0.717) is 12.3 Å². The van der Waals surface area contributed by atoms with Crippen molar-refractivity contribution in [1.29, 1.82) is 0 Å². The summed E-state index contributed by atoms with van der Waals surface area (Å²) in [6.07, 6.45) is 4.21. The molecule has 3 aromatic rings. The summed E-state index contributed by atoms with van der Waals surface area (Å²) in [6.45, 7) is 4.48. The normalized spacial score (nSPS) is 12.7. The molecule has 1 unspecified atom stereocenters. The first-order valence-electron chi connectivity index (χ1n) is 8.05. The summed E-state index contributed by atoms with van der Waals surface area (Å²) in [7, 11) is 0. The number of aromatic nitrogens is 3. The Labute approximate surface area is 149 Å². The Balaban J connectivity index is 1.85. The maximum Gasteiger partial charge on any atom is 0.171 e. The molecule has 6 heteroatoms. The Morgan fingerprint density at radius 3 is 2.54 bits per heavy atom. The van der Waals surface area contributed by atoms with Gasteiger partial charge in [-0.25, -0.2) is 9.50 Å². The van der Waals surface area contributed by atoms with E-state index in [1.807, 2.05) is 12.3 Å². The molecule has 0 radical (unpaired) electrons. The molecule has 2 N–H and O–H groups in total. The molecule has 2 aromatic heterocycles. The van der Waals surface area contributed by atoms with Crippen molar-refractivity contribution in [3.8, 4) is 0 Å². The summed E-state index contributed by atoms with van der Waals surface area (Å²) in [5.74, 6) is 1.27. The van der Waals surface area contributed by atoms with Crippen LogP contribution in [-0.4, -0.2) is 26.3 Å². The van der Waals surface area contributed by atoms with Crippen LogP contribution in [-0.2, 0) is 0 Å². The van der Waals surface area contributed by atoms with Crippen LogP contribution in [0.5, 0.6) is 0 Å². The van der Waals surface area contributed by atoms with Gasteiger partial charge in [-0.05, 0) is 45.5 Å². The average Bonchev–Trinajstić information content (AvgIpc) is 2.95. The summed E-state index contributed by atoms with van der Waals surface area (Å²) in [6, 6.07) is 10.4. The molecule has 126 valence electrons. The second-order valence-electron chi connectivity index (χ2n) is 6.10. The summed E-state index contributed by atoms with van der Waals surface area (Å²) < 4.78 is 2.57. The minimum absolute atomic E-state index is 0.00728. The lowest BCUT2D eigenvalue weighted by molar-refractivity contribution is 0.280. The van der Waals surface area contributed by atoms with Crippen LogP contribution in [0.25, 0.3) is 5.65 Å². The van der Waals surface area contributed by atoms with E-state index in [1.165, 1.54) is 5.56 Å². The molecule has 0 bridgehead atoms. The summed E-state index contributed by atoms with van der Waals surface area (Å²) in [4.78, 5) is 4.59. The van der Waals surface area contributed by atoms with E-state index in [-0.39, 0.29) is 12.6 Å². The first kappa shape index (κ1) is 16.9. The maximum atomic E-state index is 9.42. The number of halogens is 1. The molecule has 0 aliphatic carbocycles. The Hall–Kier alpha value is -1.92. The molecule has 3 rings (SSSR count). The first-order chi connectivity index (χ1) is 11.6. The molecular formula is C18H21BrN4O. The Morgan fingerprint density at radius 1 is 1.17 bits per heavy atom. The average molecular weight is 389 g/mol. The molecule has 0 aliphatic rings. The van der Waals surface area contributed by atoms with E-state index in [1.54, 1.807) is 10.7 Å². The largest absolute Gasteiger partial charge is 0.396 e. The van der Waals surface area contributed by atoms with Gasteiger partial charge < -0.3 is 10.4 Å². The van der Waals surface area contributed by atoms with E-state index in [0.717, 1.165) is 21.5 Å². The highest BCUT2D eigenvalue weighted by Crippen LogP contribution is 2.25. The van der Waals surface area contributed by atoms with Crippen molar-refractivity contribution in [2.75, 3.05) is 11.9 Å². The van der Waals surface area contributed by atoms with Crippen molar-refractivity contribution in [3.05, 3.63) is 58.3 Å². The molecular weight excluding hydrogens is 368 g/mol. The third-order valence-electron chi connectivity index (χ3n) is 4.07. The molecule has 0 fully saturated rings. The highest BCUT2D eigenvalue weighted by atomic mass is 79.9. The molecule has 0 saturated heterocycles. The molecule has 0 spiro atoms. The molecule has 1 aromatic carbocycles. The van der Waals surface area contributed by atoms with Crippen molar-refractivity contribution in [2.24, 2.45) is 0 Å². The molecule has 0 aliphatic heterocycles. The fourth-order valence-electron chi connectivity index (χ4n) is 2.66. The van der Waals surface area contributed by atoms with E-state index < -0.39 is 0 Å². The topological polar surface area (TPSA) is 62.5 Å². The molecule has 0 amide bonds. The third kappa shape index (κ3) is 3.60. The number of nitrogens with zero attached hydrogens (tertiary/aromatic N) is 3. The summed E-state index contributed by atoms with van der Waals surface area (Å²) >= 11 is 3.45. The van der Waals surface area contributed by atoms with Crippen molar-refractivity contribution < 1.29 is 5.11 Å². The van der Waals surface area contributed by atoms with Crippen LogP contribution in [0.2, 0.25) is 0 Å². The van der Waals surface area contributed by atoms with Gasteiger partial charge in [0.1, 0.15) is 5.82 Å². The quantitative estimate of drug-likeness (QED) is 0.665. The Bertz CT molecular complexity index is 814. The number of hydrogen-bond donors (Lipinski definition) is 2. The van der Waals surface area contributed by atoms with E-state index in [9.17, 15) is 5.11 Å². The van der Waals surface area contributed by atoms with E-state index in [2.05, 4.69) is 69.4 Å². The van der Waals surface area contributed by atoms with Gasteiger partial charge in [-0.15, -0.1) is 0 Å². The van der Waals surface area contributed by atoms with Crippen molar-refractivity contribution in [2.45, 2.75) is 32.2 Å². The van der Waals surface area contributed by atoms with Crippen LogP contribution in [0.1, 0.15) is 43.4 Å².